The standard InChI is InChI=1S/C12H17NO3S/c1-7(5-14)6-17-9-3-8(2)11(13)10(4-9)12(15)16/h3-4,7,14H,5-6,13H2,1-2H3,(H,15,16). The third-order valence-corrected chi connectivity index (χ3v) is 3.74. The molecule has 0 saturated carbocycles. The van der Waals surface area contributed by atoms with E-state index in [1.54, 1.807) is 13.0 Å². The molecule has 1 aromatic carbocycles. The molecular formula is C12H17NO3S. The number of thioether (sulfide) groups is 1. The highest BCUT2D eigenvalue weighted by atomic mass is 32.2. The fourth-order valence-corrected chi connectivity index (χ4v) is 2.36. The van der Waals surface area contributed by atoms with Crippen molar-refractivity contribution >= 4 is 23.4 Å². The molecule has 0 bridgehead atoms. The Bertz CT molecular complexity index is 420. The molecule has 17 heavy (non-hydrogen) atoms. The minimum Gasteiger partial charge on any atom is -0.478 e. The molecular weight excluding hydrogens is 238 g/mol. The Morgan fingerprint density at radius 3 is 2.71 bits per heavy atom. The molecule has 0 fully saturated rings. The summed E-state index contributed by atoms with van der Waals surface area (Å²) in [5.41, 5.74) is 6.93. The van der Waals surface area contributed by atoms with Gasteiger partial charge in [0.1, 0.15) is 0 Å². The van der Waals surface area contributed by atoms with Crippen molar-refractivity contribution in [2.45, 2.75) is 18.7 Å². The van der Waals surface area contributed by atoms with Crippen LogP contribution in [0.5, 0.6) is 0 Å². The van der Waals surface area contributed by atoms with Crippen LogP contribution in [0.15, 0.2) is 17.0 Å². The van der Waals surface area contributed by atoms with Crippen LogP contribution < -0.4 is 5.73 Å². The van der Waals surface area contributed by atoms with Gasteiger partial charge in [-0.05, 0) is 30.5 Å². The van der Waals surface area contributed by atoms with Gasteiger partial charge in [0, 0.05) is 22.9 Å². The Balaban J connectivity index is 2.91. The number of rotatable bonds is 5. The van der Waals surface area contributed by atoms with Crippen molar-refractivity contribution in [1.29, 1.82) is 0 Å². The number of nitrogens with two attached hydrogens (primary N) is 1. The molecule has 0 aliphatic rings. The molecule has 0 radical (unpaired) electrons. The van der Waals surface area contributed by atoms with Crippen LogP contribution in [0.4, 0.5) is 5.69 Å². The van der Waals surface area contributed by atoms with Crippen LogP contribution in [0.3, 0.4) is 0 Å². The summed E-state index contributed by atoms with van der Waals surface area (Å²) >= 11 is 1.53. The predicted octanol–water partition coefficient (Wildman–Crippen LogP) is 2.00. The van der Waals surface area contributed by atoms with E-state index in [0.717, 1.165) is 16.2 Å². The lowest BCUT2D eigenvalue weighted by Gasteiger charge is -2.10. The maximum absolute atomic E-state index is 11.0. The topological polar surface area (TPSA) is 83.5 Å². The van der Waals surface area contributed by atoms with Crippen molar-refractivity contribution in [2.24, 2.45) is 5.92 Å². The van der Waals surface area contributed by atoms with Gasteiger partial charge in [-0.1, -0.05) is 6.92 Å². The van der Waals surface area contributed by atoms with E-state index in [9.17, 15) is 4.79 Å². The zero-order chi connectivity index (χ0) is 13.0. The maximum Gasteiger partial charge on any atom is 0.337 e. The second kappa shape index (κ2) is 5.93. The lowest BCUT2D eigenvalue weighted by Crippen LogP contribution is -2.06. The van der Waals surface area contributed by atoms with Crippen molar-refractivity contribution in [1.82, 2.24) is 0 Å². The fraction of sp³-hybridized carbons (Fsp3) is 0.417. The predicted molar refractivity (Wildman–Crippen MR) is 69.5 cm³/mol. The Kier molecular flexibility index (Phi) is 4.84. The number of aliphatic hydroxyl groups is 1. The Morgan fingerprint density at radius 2 is 2.18 bits per heavy atom. The average Bonchev–Trinajstić information content (AvgIpc) is 2.29. The van der Waals surface area contributed by atoms with E-state index >= 15 is 0 Å². The Morgan fingerprint density at radius 1 is 1.53 bits per heavy atom. The molecule has 0 amide bonds. The second-order valence-electron chi connectivity index (χ2n) is 4.11. The molecule has 0 saturated heterocycles. The molecule has 1 rings (SSSR count). The SMILES string of the molecule is Cc1cc(SCC(C)CO)cc(C(=O)O)c1N. The highest BCUT2D eigenvalue weighted by molar-refractivity contribution is 7.99. The molecule has 1 unspecified atom stereocenters. The van der Waals surface area contributed by atoms with Gasteiger partial charge in [0.15, 0.2) is 0 Å². The van der Waals surface area contributed by atoms with Gasteiger partial charge < -0.3 is 15.9 Å². The summed E-state index contributed by atoms with van der Waals surface area (Å²) in [6.45, 7) is 3.86. The normalized spacial score (nSPS) is 12.4. The fourth-order valence-electron chi connectivity index (χ4n) is 1.32. The average molecular weight is 255 g/mol. The van der Waals surface area contributed by atoms with Crippen LogP contribution in [0.25, 0.3) is 0 Å². The molecule has 5 heteroatoms. The number of hydrogen-bond acceptors (Lipinski definition) is 4. The number of aryl methyl sites for hydroxylation is 1. The maximum atomic E-state index is 11.0. The van der Waals surface area contributed by atoms with E-state index in [-0.39, 0.29) is 18.1 Å². The number of benzene rings is 1. The summed E-state index contributed by atoms with van der Waals surface area (Å²) in [7, 11) is 0. The number of carboxylic acid groups (broad SMARTS) is 1. The zero-order valence-corrected chi connectivity index (χ0v) is 10.8. The van der Waals surface area contributed by atoms with Crippen LogP contribution in [-0.2, 0) is 0 Å². The van der Waals surface area contributed by atoms with Crippen LogP contribution in [0, 0.1) is 12.8 Å². The van der Waals surface area contributed by atoms with E-state index in [4.69, 9.17) is 15.9 Å². The smallest absolute Gasteiger partial charge is 0.337 e. The summed E-state index contributed by atoms with van der Waals surface area (Å²) < 4.78 is 0. The number of aromatic carboxylic acids is 1. The zero-order valence-electron chi connectivity index (χ0n) is 9.93. The monoisotopic (exact) mass is 255 g/mol. The molecule has 4 nitrogen and oxygen atoms in total. The molecule has 0 aliphatic carbocycles. The van der Waals surface area contributed by atoms with Crippen molar-refractivity contribution in [2.75, 3.05) is 18.1 Å². The number of anilines is 1. The van der Waals surface area contributed by atoms with Gasteiger partial charge >= 0.3 is 5.97 Å². The minimum absolute atomic E-state index is 0.132. The molecule has 1 aromatic rings. The van der Waals surface area contributed by atoms with Crippen LogP contribution >= 0.6 is 11.8 Å². The number of nitrogen functional groups attached to an aromatic ring is 1. The van der Waals surface area contributed by atoms with Crippen LogP contribution in [-0.4, -0.2) is 28.5 Å². The van der Waals surface area contributed by atoms with Gasteiger partial charge in [0.05, 0.1) is 5.56 Å². The Hall–Kier alpha value is -1.20. The van der Waals surface area contributed by atoms with Crippen molar-refractivity contribution < 1.29 is 15.0 Å². The third kappa shape index (κ3) is 3.64. The first-order valence-electron chi connectivity index (χ1n) is 5.32. The molecule has 0 aromatic heterocycles. The first kappa shape index (κ1) is 13.9. The lowest BCUT2D eigenvalue weighted by molar-refractivity contribution is 0.0697. The third-order valence-electron chi connectivity index (χ3n) is 2.44. The van der Waals surface area contributed by atoms with Gasteiger partial charge in [-0.25, -0.2) is 4.79 Å². The summed E-state index contributed by atoms with van der Waals surface area (Å²) in [5.74, 6) is -0.0757. The van der Waals surface area contributed by atoms with Crippen molar-refractivity contribution in [3.05, 3.63) is 23.3 Å². The molecule has 4 N–H and O–H groups in total. The number of carbonyl (C=O) groups is 1. The van der Waals surface area contributed by atoms with E-state index < -0.39 is 5.97 Å². The minimum atomic E-state index is -1.01. The summed E-state index contributed by atoms with van der Waals surface area (Å²) in [4.78, 5) is 11.9. The highest BCUT2D eigenvalue weighted by Gasteiger charge is 2.12. The van der Waals surface area contributed by atoms with Gasteiger partial charge in [0.2, 0.25) is 0 Å². The number of carboxylic acids is 1. The van der Waals surface area contributed by atoms with Crippen molar-refractivity contribution in [3.8, 4) is 0 Å². The first-order valence-corrected chi connectivity index (χ1v) is 6.31. The molecule has 0 heterocycles. The number of aliphatic hydroxyl groups excluding tert-OH is 1. The van der Waals surface area contributed by atoms with E-state index in [1.165, 1.54) is 11.8 Å². The first-order chi connectivity index (χ1) is 7.95. The quantitative estimate of drug-likeness (QED) is 0.553. The molecule has 94 valence electrons. The van der Waals surface area contributed by atoms with Gasteiger partial charge in [-0.2, -0.15) is 0 Å². The second-order valence-corrected chi connectivity index (χ2v) is 5.20. The van der Waals surface area contributed by atoms with E-state index in [0.29, 0.717) is 5.69 Å². The molecule has 1 atom stereocenters. The Labute approximate surface area is 105 Å². The lowest BCUT2D eigenvalue weighted by atomic mass is 10.1. The van der Waals surface area contributed by atoms with E-state index in [1.807, 2.05) is 13.0 Å². The largest absolute Gasteiger partial charge is 0.478 e. The van der Waals surface area contributed by atoms with Gasteiger partial charge in [-0.3, -0.25) is 0 Å². The van der Waals surface area contributed by atoms with Crippen LogP contribution in [0.2, 0.25) is 0 Å². The molecule has 0 aliphatic heterocycles. The van der Waals surface area contributed by atoms with Gasteiger partial charge in [-0.15, -0.1) is 11.8 Å². The van der Waals surface area contributed by atoms with Crippen LogP contribution in [0.1, 0.15) is 22.8 Å². The summed E-state index contributed by atoms with van der Waals surface area (Å²) in [6, 6.07) is 3.45. The molecule has 0 spiro atoms. The van der Waals surface area contributed by atoms with Crippen molar-refractivity contribution in [3.63, 3.8) is 0 Å². The number of hydrogen-bond donors (Lipinski definition) is 3. The summed E-state index contributed by atoms with van der Waals surface area (Å²) in [5, 5.41) is 17.9. The van der Waals surface area contributed by atoms with E-state index in [2.05, 4.69) is 0 Å². The highest BCUT2D eigenvalue weighted by Crippen LogP contribution is 2.27. The summed E-state index contributed by atoms with van der Waals surface area (Å²) in [6.07, 6.45) is 0. The van der Waals surface area contributed by atoms with Gasteiger partial charge in [0.25, 0.3) is 0 Å².